The lowest BCUT2D eigenvalue weighted by molar-refractivity contribution is 0.213. The number of aromatic nitrogens is 2. The van der Waals surface area contributed by atoms with Gasteiger partial charge in [-0.1, -0.05) is 32.0 Å². The van der Waals surface area contributed by atoms with Crippen molar-refractivity contribution in [3.8, 4) is 0 Å². The van der Waals surface area contributed by atoms with E-state index in [1.165, 1.54) is 35.9 Å². The summed E-state index contributed by atoms with van der Waals surface area (Å²) in [5, 5.41) is 9.82. The van der Waals surface area contributed by atoms with Crippen LogP contribution in [-0.2, 0) is 13.5 Å². The monoisotopic (exact) mass is 285 g/mol. The molecule has 0 spiro atoms. The van der Waals surface area contributed by atoms with Crippen molar-refractivity contribution in [2.75, 3.05) is 6.54 Å². The maximum atomic E-state index is 4.79. The lowest BCUT2D eigenvalue weighted by Crippen LogP contribution is -2.41. The highest BCUT2D eigenvalue weighted by Gasteiger charge is 2.29. The second-order valence-corrected chi connectivity index (χ2v) is 6.63. The number of benzene rings is 1. The maximum Gasteiger partial charge on any atom is 0.0706 e. The van der Waals surface area contributed by atoms with Crippen molar-refractivity contribution in [2.24, 2.45) is 18.9 Å². The van der Waals surface area contributed by atoms with Crippen LogP contribution in [0.5, 0.6) is 0 Å². The van der Waals surface area contributed by atoms with Crippen LogP contribution in [-0.4, -0.2) is 22.4 Å². The molecular formula is C18H27N3. The lowest BCUT2D eigenvalue weighted by Gasteiger charge is -2.35. The van der Waals surface area contributed by atoms with Gasteiger partial charge in [-0.2, -0.15) is 5.10 Å². The van der Waals surface area contributed by atoms with E-state index in [-0.39, 0.29) is 0 Å². The zero-order chi connectivity index (χ0) is 14.8. The third kappa shape index (κ3) is 2.98. The fraction of sp³-hybridized carbons (Fsp3) is 0.611. The van der Waals surface area contributed by atoms with E-state index in [0.29, 0.717) is 12.0 Å². The molecular weight excluding hydrogens is 258 g/mol. The largest absolute Gasteiger partial charge is 0.314 e. The Kier molecular flexibility index (Phi) is 4.29. The zero-order valence-corrected chi connectivity index (χ0v) is 13.5. The molecule has 0 radical (unpaired) electrons. The third-order valence-corrected chi connectivity index (χ3v) is 5.00. The molecule has 0 amide bonds. The van der Waals surface area contributed by atoms with Crippen molar-refractivity contribution in [3.63, 3.8) is 0 Å². The summed E-state index contributed by atoms with van der Waals surface area (Å²) in [6.07, 6.45) is 5.09. The highest BCUT2D eigenvalue weighted by atomic mass is 15.3. The van der Waals surface area contributed by atoms with E-state index in [1.54, 1.807) is 0 Å². The van der Waals surface area contributed by atoms with E-state index >= 15 is 0 Å². The summed E-state index contributed by atoms with van der Waals surface area (Å²) in [5.41, 5.74) is 2.52. The van der Waals surface area contributed by atoms with Gasteiger partial charge in [-0.25, -0.2) is 0 Å². The molecule has 0 saturated heterocycles. The highest BCUT2D eigenvalue weighted by molar-refractivity contribution is 5.81. The molecule has 1 aromatic carbocycles. The van der Waals surface area contributed by atoms with E-state index in [9.17, 15) is 0 Å². The van der Waals surface area contributed by atoms with Gasteiger partial charge < -0.3 is 5.32 Å². The van der Waals surface area contributed by atoms with Gasteiger partial charge in [0, 0.05) is 18.5 Å². The summed E-state index contributed by atoms with van der Waals surface area (Å²) >= 11 is 0. The molecule has 3 heteroatoms. The molecule has 114 valence electrons. The fourth-order valence-electron chi connectivity index (χ4n) is 3.94. The average Bonchev–Trinajstić information content (AvgIpc) is 2.79. The normalized spacial score (nSPS) is 26.3. The fourth-order valence-corrected chi connectivity index (χ4v) is 3.94. The minimum atomic E-state index is 0.659. The number of nitrogens with one attached hydrogen (secondary N) is 1. The van der Waals surface area contributed by atoms with Gasteiger partial charge in [-0.05, 0) is 50.1 Å². The Morgan fingerprint density at radius 2 is 2.10 bits per heavy atom. The minimum Gasteiger partial charge on any atom is -0.314 e. The Hall–Kier alpha value is -1.35. The number of nitrogens with zero attached hydrogens (tertiary/aromatic N) is 2. The van der Waals surface area contributed by atoms with E-state index in [1.807, 2.05) is 4.68 Å². The molecule has 3 atom stereocenters. The van der Waals surface area contributed by atoms with Gasteiger partial charge >= 0.3 is 0 Å². The summed E-state index contributed by atoms with van der Waals surface area (Å²) in [7, 11) is 2.05. The second kappa shape index (κ2) is 6.18. The van der Waals surface area contributed by atoms with Crippen LogP contribution in [0.25, 0.3) is 10.9 Å². The highest BCUT2D eigenvalue weighted by Crippen LogP contribution is 2.32. The van der Waals surface area contributed by atoms with Crippen LogP contribution in [0.4, 0.5) is 0 Å². The molecule has 0 bridgehead atoms. The van der Waals surface area contributed by atoms with Crippen molar-refractivity contribution in [2.45, 2.75) is 45.6 Å². The number of hydrogen-bond acceptors (Lipinski definition) is 2. The smallest absolute Gasteiger partial charge is 0.0706 e. The van der Waals surface area contributed by atoms with Gasteiger partial charge in [0.1, 0.15) is 0 Å². The first-order valence-electron chi connectivity index (χ1n) is 8.33. The number of para-hydroxylation sites is 1. The SMILES string of the molecule is CCNC1CCC(C)CC1Cc1nn(C)c2ccccc12. The van der Waals surface area contributed by atoms with Crippen molar-refractivity contribution in [3.05, 3.63) is 30.0 Å². The maximum absolute atomic E-state index is 4.79. The van der Waals surface area contributed by atoms with Gasteiger partial charge in [0.2, 0.25) is 0 Å². The summed E-state index contributed by atoms with van der Waals surface area (Å²) < 4.78 is 2.03. The molecule has 1 aromatic heterocycles. The van der Waals surface area contributed by atoms with Crippen LogP contribution in [0.3, 0.4) is 0 Å². The standard InChI is InChI=1S/C18H27N3/c1-4-19-16-10-9-13(2)11-14(16)12-17-15-7-5-6-8-18(15)21(3)20-17/h5-8,13-14,16,19H,4,9-12H2,1-3H3. The number of fused-ring (bicyclic) bond motifs is 1. The Bertz CT molecular complexity index is 602. The zero-order valence-electron chi connectivity index (χ0n) is 13.5. The predicted octanol–water partition coefficient (Wildman–Crippen LogP) is 3.53. The average molecular weight is 285 g/mol. The molecule has 1 aliphatic rings. The van der Waals surface area contributed by atoms with E-state index in [4.69, 9.17) is 5.10 Å². The summed E-state index contributed by atoms with van der Waals surface area (Å²) in [4.78, 5) is 0. The van der Waals surface area contributed by atoms with Crippen LogP contribution < -0.4 is 5.32 Å². The first-order valence-corrected chi connectivity index (χ1v) is 8.33. The first-order chi connectivity index (χ1) is 10.2. The van der Waals surface area contributed by atoms with Crippen LogP contribution >= 0.6 is 0 Å². The van der Waals surface area contributed by atoms with Gasteiger partial charge in [-0.15, -0.1) is 0 Å². The van der Waals surface area contributed by atoms with E-state index in [2.05, 4.69) is 50.5 Å². The Morgan fingerprint density at radius 3 is 2.90 bits per heavy atom. The molecule has 1 heterocycles. The summed E-state index contributed by atoms with van der Waals surface area (Å²) in [6, 6.07) is 9.26. The van der Waals surface area contributed by atoms with E-state index in [0.717, 1.165) is 18.9 Å². The van der Waals surface area contributed by atoms with Crippen molar-refractivity contribution >= 4 is 10.9 Å². The Morgan fingerprint density at radius 1 is 1.29 bits per heavy atom. The molecule has 1 N–H and O–H groups in total. The molecule has 1 fully saturated rings. The number of hydrogen-bond donors (Lipinski definition) is 1. The number of rotatable bonds is 4. The van der Waals surface area contributed by atoms with Crippen LogP contribution in [0.15, 0.2) is 24.3 Å². The lowest BCUT2D eigenvalue weighted by atomic mass is 9.76. The topological polar surface area (TPSA) is 29.9 Å². The van der Waals surface area contributed by atoms with Gasteiger partial charge in [0.05, 0.1) is 11.2 Å². The van der Waals surface area contributed by atoms with Crippen molar-refractivity contribution < 1.29 is 0 Å². The summed E-state index contributed by atoms with van der Waals surface area (Å²) in [5.74, 6) is 1.56. The van der Waals surface area contributed by atoms with Gasteiger partial charge in [0.25, 0.3) is 0 Å². The van der Waals surface area contributed by atoms with Gasteiger partial charge in [-0.3, -0.25) is 4.68 Å². The van der Waals surface area contributed by atoms with Crippen molar-refractivity contribution in [1.29, 1.82) is 0 Å². The minimum absolute atomic E-state index is 0.659. The van der Waals surface area contributed by atoms with E-state index < -0.39 is 0 Å². The summed E-state index contributed by atoms with van der Waals surface area (Å²) in [6.45, 7) is 5.68. The first kappa shape index (κ1) is 14.6. The number of aryl methyl sites for hydroxylation is 1. The quantitative estimate of drug-likeness (QED) is 0.931. The van der Waals surface area contributed by atoms with Crippen LogP contribution in [0.1, 0.15) is 38.8 Å². The molecule has 2 aromatic rings. The molecule has 3 unspecified atom stereocenters. The second-order valence-electron chi connectivity index (χ2n) is 6.63. The Labute approximate surface area is 127 Å². The van der Waals surface area contributed by atoms with Crippen LogP contribution in [0, 0.1) is 11.8 Å². The molecule has 3 rings (SSSR count). The predicted molar refractivity (Wildman–Crippen MR) is 88.4 cm³/mol. The molecule has 3 nitrogen and oxygen atoms in total. The van der Waals surface area contributed by atoms with Gasteiger partial charge in [0.15, 0.2) is 0 Å². The van der Waals surface area contributed by atoms with Crippen LogP contribution in [0.2, 0.25) is 0 Å². The molecule has 21 heavy (non-hydrogen) atoms. The Balaban J connectivity index is 1.85. The molecule has 0 aliphatic heterocycles. The van der Waals surface area contributed by atoms with Crippen molar-refractivity contribution in [1.82, 2.24) is 15.1 Å². The molecule has 1 saturated carbocycles. The third-order valence-electron chi connectivity index (χ3n) is 5.00. The molecule has 1 aliphatic carbocycles.